The molecular weight excluding hydrogens is 304 g/mol. The van der Waals surface area contributed by atoms with Gasteiger partial charge in [-0.15, -0.1) is 0 Å². The number of esters is 1. The van der Waals surface area contributed by atoms with Crippen LogP contribution in [0.2, 0.25) is 5.15 Å². The van der Waals surface area contributed by atoms with Crippen LogP contribution < -0.4 is 9.46 Å². The molecule has 1 rings (SSSR count). The van der Waals surface area contributed by atoms with E-state index in [0.29, 0.717) is 5.82 Å². The Kier molecular flexibility index (Phi) is 5.76. The van der Waals surface area contributed by atoms with Crippen molar-refractivity contribution < 1.29 is 18.5 Å². The van der Waals surface area contributed by atoms with Gasteiger partial charge in [0, 0.05) is 6.26 Å². The van der Waals surface area contributed by atoms with Crippen LogP contribution in [-0.2, 0) is 20.5 Å². The smallest absolute Gasteiger partial charge is 0.344 e. The Morgan fingerprint density at radius 3 is 2.60 bits per heavy atom. The van der Waals surface area contributed by atoms with Gasteiger partial charge in [0.25, 0.3) is 0 Å². The predicted molar refractivity (Wildman–Crippen MR) is 78.3 cm³/mol. The molecule has 112 valence electrons. The number of carbonyl (C=O) groups is 1. The maximum absolute atomic E-state index is 11.5. The molecule has 0 aliphatic rings. The van der Waals surface area contributed by atoms with E-state index in [1.165, 1.54) is 12.3 Å². The maximum atomic E-state index is 11.5. The van der Waals surface area contributed by atoms with Crippen molar-refractivity contribution >= 4 is 34.4 Å². The van der Waals surface area contributed by atoms with E-state index >= 15 is 0 Å². The van der Waals surface area contributed by atoms with Crippen LogP contribution in [0, 0.1) is 0 Å². The van der Waals surface area contributed by atoms with Crippen molar-refractivity contribution in [2.45, 2.75) is 26.4 Å². The minimum atomic E-state index is -1.24. The first-order valence-corrected chi connectivity index (χ1v) is 7.72. The highest BCUT2D eigenvalue weighted by Gasteiger charge is 2.17. The van der Waals surface area contributed by atoms with Crippen LogP contribution >= 0.6 is 11.6 Å². The first-order chi connectivity index (χ1) is 9.17. The fraction of sp³-hybridized carbons (Fsp3) is 0.500. The second-order valence-corrected chi connectivity index (χ2v) is 6.39. The van der Waals surface area contributed by atoms with Gasteiger partial charge in [-0.3, -0.25) is 4.72 Å². The van der Waals surface area contributed by atoms with E-state index in [-0.39, 0.29) is 17.5 Å². The van der Waals surface area contributed by atoms with Gasteiger partial charge in [-0.05, 0) is 32.9 Å². The number of aromatic nitrogens is 1. The van der Waals surface area contributed by atoms with Gasteiger partial charge in [0.05, 0.1) is 0 Å². The Morgan fingerprint density at radius 2 is 2.10 bits per heavy atom. The average Bonchev–Trinajstić information content (AvgIpc) is 2.24. The van der Waals surface area contributed by atoms with Gasteiger partial charge in [-0.2, -0.15) is 0 Å². The third-order valence-electron chi connectivity index (χ3n) is 1.83. The Labute approximate surface area is 125 Å². The van der Waals surface area contributed by atoms with Crippen molar-refractivity contribution in [2.75, 3.05) is 17.6 Å². The molecule has 20 heavy (non-hydrogen) atoms. The Morgan fingerprint density at radius 1 is 1.45 bits per heavy atom. The molecule has 0 aromatic carbocycles. The van der Waals surface area contributed by atoms with Crippen LogP contribution in [0.15, 0.2) is 12.1 Å². The molecule has 0 aliphatic carbocycles. The zero-order valence-electron chi connectivity index (χ0n) is 11.7. The molecule has 0 fully saturated rings. The summed E-state index contributed by atoms with van der Waals surface area (Å²) in [7, 11) is -1.24. The largest absolute Gasteiger partial charge is 0.479 e. The summed E-state index contributed by atoms with van der Waals surface area (Å²) >= 11 is 5.90. The first kappa shape index (κ1) is 16.7. The lowest BCUT2D eigenvalue weighted by atomic mass is 10.2. The van der Waals surface area contributed by atoms with Gasteiger partial charge in [0.1, 0.15) is 22.4 Å². The fourth-order valence-corrected chi connectivity index (χ4v) is 1.86. The molecule has 0 spiro atoms. The third kappa shape index (κ3) is 6.21. The Hall–Kier alpha value is -1.34. The van der Waals surface area contributed by atoms with Crippen molar-refractivity contribution in [1.82, 2.24) is 4.98 Å². The molecule has 8 heteroatoms. The summed E-state index contributed by atoms with van der Waals surface area (Å²) in [4.78, 5) is 15.4. The lowest BCUT2D eigenvalue weighted by molar-refractivity contribution is -0.157. The number of halogens is 1. The minimum Gasteiger partial charge on any atom is -0.479 e. The van der Waals surface area contributed by atoms with Gasteiger partial charge < -0.3 is 9.47 Å². The number of ether oxygens (including phenoxy) is 2. The molecule has 0 amide bonds. The second-order valence-electron chi connectivity index (χ2n) is 4.92. The number of anilines is 1. The Bertz CT molecular complexity index is 517. The van der Waals surface area contributed by atoms with Crippen molar-refractivity contribution in [3.8, 4) is 5.75 Å². The summed E-state index contributed by atoms with van der Waals surface area (Å²) in [6.07, 6.45) is 1.47. The quantitative estimate of drug-likeness (QED) is 0.664. The van der Waals surface area contributed by atoms with Crippen molar-refractivity contribution in [3.05, 3.63) is 17.3 Å². The summed E-state index contributed by atoms with van der Waals surface area (Å²) in [6, 6.07) is 3.09. The summed E-state index contributed by atoms with van der Waals surface area (Å²) in [5.41, 5.74) is -0.568. The van der Waals surface area contributed by atoms with E-state index in [2.05, 4.69) is 9.71 Å². The number of hydrogen-bond acceptors (Lipinski definition) is 5. The molecule has 1 aromatic heterocycles. The Balaban J connectivity index is 2.61. The third-order valence-corrected chi connectivity index (χ3v) is 2.60. The molecule has 1 atom stereocenters. The minimum absolute atomic E-state index is 0.0732. The van der Waals surface area contributed by atoms with Gasteiger partial charge in [0.15, 0.2) is 17.5 Å². The average molecular weight is 321 g/mol. The molecular formula is C12H17ClN2O4S. The van der Waals surface area contributed by atoms with Crippen LogP contribution in [-0.4, -0.2) is 33.6 Å². The van der Waals surface area contributed by atoms with Crippen LogP contribution in [0.25, 0.3) is 0 Å². The van der Waals surface area contributed by atoms with E-state index in [4.69, 9.17) is 21.1 Å². The van der Waals surface area contributed by atoms with Crippen LogP contribution in [0.5, 0.6) is 5.75 Å². The SMILES string of the molecule is CS(=O)Nc1ccc(OCC(=O)OC(C)(C)C)c(Cl)n1. The molecule has 0 aliphatic heterocycles. The molecule has 0 bridgehead atoms. The van der Waals surface area contributed by atoms with Gasteiger partial charge in [0.2, 0.25) is 0 Å². The number of rotatable bonds is 5. The monoisotopic (exact) mass is 320 g/mol. The summed E-state index contributed by atoms with van der Waals surface area (Å²) in [5.74, 6) is 0.121. The number of carbonyl (C=O) groups excluding carboxylic acids is 1. The predicted octanol–water partition coefficient (Wildman–Crippen LogP) is 2.16. The van der Waals surface area contributed by atoms with Crippen molar-refractivity contribution in [1.29, 1.82) is 0 Å². The highest BCUT2D eigenvalue weighted by molar-refractivity contribution is 7.85. The molecule has 0 radical (unpaired) electrons. The molecule has 1 aromatic rings. The molecule has 1 heterocycles. The number of pyridine rings is 1. The van der Waals surface area contributed by atoms with Crippen molar-refractivity contribution in [3.63, 3.8) is 0 Å². The number of nitrogens with one attached hydrogen (secondary N) is 1. The molecule has 0 saturated heterocycles. The van der Waals surface area contributed by atoms with E-state index in [1.807, 2.05) is 0 Å². The van der Waals surface area contributed by atoms with E-state index in [9.17, 15) is 9.00 Å². The zero-order valence-corrected chi connectivity index (χ0v) is 13.3. The summed E-state index contributed by atoms with van der Waals surface area (Å²) in [5, 5.41) is 0.0732. The lowest BCUT2D eigenvalue weighted by Crippen LogP contribution is -2.27. The molecule has 6 nitrogen and oxygen atoms in total. The number of nitrogens with zero attached hydrogens (tertiary/aromatic N) is 1. The standard InChI is InChI=1S/C12H17ClN2O4S/c1-12(2,3)19-10(16)7-18-8-5-6-9(14-11(8)13)15-20(4)17/h5-6H,7H2,1-4H3,(H,14,15). The van der Waals surface area contributed by atoms with E-state index in [0.717, 1.165) is 0 Å². The lowest BCUT2D eigenvalue weighted by Gasteiger charge is -2.19. The molecule has 0 saturated carbocycles. The van der Waals surface area contributed by atoms with Crippen LogP contribution in [0.4, 0.5) is 5.82 Å². The zero-order chi connectivity index (χ0) is 15.3. The summed E-state index contributed by atoms with van der Waals surface area (Å²) in [6.45, 7) is 5.05. The van der Waals surface area contributed by atoms with Gasteiger partial charge in [-0.25, -0.2) is 14.0 Å². The number of hydrogen-bond donors (Lipinski definition) is 1. The first-order valence-electron chi connectivity index (χ1n) is 5.78. The molecule has 1 N–H and O–H groups in total. The summed E-state index contributed by atoms with van der Waals surface area (Å²) < 4.78 is 23.9. The van der Waals surface area contributed by atoms with Crippen LogP contribution in [0.3, 0.4) is 0 Å². The second kappa shape index (κ2) is 6.90. The normalized spacial score (nSPS) is 12.7. The molecule has 1 unspecified atom stereocenters. The van der Waals surface area contributed by atoms with Crippen LogP contribution in [0.1, 0.15) is 20.8 Å². The maximum Gasteiger partial charge on any atom is 0.344 e. The van der Waals surface area contributed by atoms with Gasteiger partial charge in [-0.1, -0.05) is 11.6 Å². The van der Waals surface area contributed by atoms with Crippen molar-refractivity contribution in [2.24, 2.45) is 0 Å². The fourth-order valence-electron chi connectivity index (χ4n) is 1.24. The van der Waals surface area contributed by atoms with E-state index in [1.54, 1.807) is 26.8 Å². The van der Waals surface area contributed by atoms with E-state index < -0.39 is 22.6 Å². The highest BCUT2D eigenvalue weighted by Crippen LogP contribution is 2.24. The van der Waals surface area contributed by atoms with Gasteiger partial charge >= 0.3 is 5.97 Å². The highest BCUT2D eigenvalue weighted by atomic mass is 35.5. The topological polar surface area (TPSA) is 77.5 Å².